The van der Waals surface area contributed by atoms with Gasteiger partial charge in [-0.2, -0.15) is 0 Å². The smallest absolute Gasteiger partial charge is 0.182 e. The Kier molecular flexibility index (Phi) is 4.41. The van der Waals surface area contributed by atoms with Gasteiger partial charge in [-0.3, -0.25) is 0 Å². The van der Waals surface area contributed by atoms with E-state index < -0.39 is 9.84 Å². The third-order valence-electron chi connectivity index (χ3n) is 4.07. The summed E-state index contributed by atoms with van der Waals surface area (Å²) in [5, 5.41) is -0.0404. The molecule has 3 nitrogen and oxygen atoms in total. The molecule has 1 saturated carbocycles. The summed E-state index contributed by atoms with van der Waals surface area (Å²) in [6, 6.07) is 4.65. The summed E-state index contributed by atoms with van der Waals surface area (Å²) in [5.74, 6) is 0.669. The zero-order chi connectivity index (χ0) is 14.0. The molecule has 0 unspecified atom stereocenters. The van der Waals surface area contributed by atoms with Crippen LogP contribution in [0, 0.1) is 5.92 Å². The zero-order valence-corrected chi connectivity index (χ0v) is 12.7. The number of sulfone groups is 1. The molecule has 2 N–H and O–H groups in total. The summed E-state index contributed by atoms with van der Waals surface area (Å²) in [5.41, 5.74) is 6.11. The van der Waals surface area contributed by atoms with E-state index in [1.165, 1.54) is 6.07 Å². The van der Waals surface area contributed by atoms with Crippen molar-refractivity contribution in [3.8, 4) is 0 Å². The van der Waals surface area contributed by atoms with Gasteiger partial charge in [0.05, 0.1) is 15.2 Å². The molecule has 5 heteroatoms. The van der Waals surface area contributed by atoms with Gasteiger partial charge in [0.15, 0.2) is 9.84 Å². The minimum Gasteiger partial charge on any atom is -0.399 e. The largest absolute Gasteiger partial charge is 0.399 e. The quantitative estimate of drug-likeness (QED) is 0.867. The SMILES string of the molecule is CCC1CCC(S(=O)(=O)c2cc(N)ccc2Cl)CC1. The Hall–Kier alpha value is -0.740. The Labute approximate surface area is 120 Å². The number of rotatable bonds is 3. The highest BCUT2D eigenvalue weighted by atomic mass is 35.5. The molecule has 1 aliphatic rings. The maximum Gasteiger partial charge on any atom is 0.182 e. The molecule has 1 aromatic carbocycles. The van der Waals surface area contributed by atoms with E-state index in [-0.39, 0.29) is 15.2 Å². The van der Waals surface area contributed by atoms with Gasteiger partial charge in [0.2, 0.25) is 0 Å². The standard InChI is InChI=1S/C14H20ClNO2S/c1-2-10-3-6-12(7-4-10)19(17,18)14-9-11(16)5-8-13(14)15/h5,8-10,12H,2-4,6-7,16H2,1H3. The summed E-state index contributed by atoms with van der Waals surface area (Å²) in [7, 11) is -3.36. The van der Waals surface area contributed by atoms with Crippen molar-refractivity contribution in [3.63, 3.8) is 0 Å². The molecule has 0 radical (unpaired) electrons. The Morgan fingerprint density at radius 3 is 2.47 bits per heavy atom. The molecule has 0 spiro atoms. The minimum atomic E-state index is -3.36. The van der Waals surface area contributed by atoms with Gasteiger partial charge in [0, 0.05) is 5.69 Å². The van der Waals surface area contributed by atoms with Crippen LogP contribution in [0.15, 0.2) is 23.1 Å². The first kappa shape index (κ1) is 14.7. The van der Waals surface area contributed by atoms with Crippen molar-refractivity contribution in [2.75, 3.05) is 5.73 Å². The molecule has 0 atom stereocenters. The average Bonchev–Trinajstić information content (AvgIpc) is 2.41. The van der Waals surface area contributed by atoms with Crippen LogP contribution in [0.5, 0.6) is 0 Å². The third-order valence-corrected chi connectivity index (χ3v) is 6.81. The fourth-order valence-electron chi connectivity index (χ4n) is 2.77. The van der Waals surface area contributed by atoms with Gasteiger partial charge in [-0.05, 0) is 49.8 Å². The highest BCUT2D eigenvalue weighted by Gasteiger charge is 2.32. The lowest BCUT2D eigenvalue weighted by Crippen LogP contribution is -2.27. The lowest BCUT2D eigenvalue weighted by atomic mass is 9.87. The molecule has 19 heavy (non-hydrogen) atoms. The number of anilines is 1. The molecular formula is C14H20ClNO2S. The van der Waals surface area contributed by atoms with Gasteiger partial charge in [-0.15, -0.1) is 0 Å². The normalized spacial score (nSPS) is 24.3. The molecule has 106 valence electrons. The van der Waals surface area contributed by atoms with Gasteiger partial charge in [-0.25, -0.2) is 8.42 Å². The first-order valence-electron chi connectivity index (χ1n) is 6.74. The summed E-state index contributed by atoms with van der Waals surface area (Å²) < 4.78 is 25.2. The van der Waals surface area contributed by atoms with Crippen LogP contribution >= 0.6 is 11.6 Å². The first-order valence-corrected chi connectivity index (χ1v) is 8.66. The minimum absolute atomic E-state index is 0.189. The van der Waals surface area contributed by atoms with Crippen molar-refractivity contribution in [1.82, 2.24) is 0 Å². The van der Waals surface area contributed by atoms with E-state index in [1.807, 2.05) is 0 Å². The Bertz CT molecular complexity index is 549. The second-order valence-electron chi connectivity index (χ2n) is 5.29. The predicted molar refractivity (Wildman–Crippen MR) is 79.1 cm³/mol. The average molecular weight is 302 g/mol. The van der Waals surface area contributed by atoms with Crippen molar-refractivity contribution in [2.24, 2.45) is 5.92 Å². The Balaban J connectivity index is 2.26. The number of benzene rings is 1. The number of hydrogen-bond donors (Lipinski definition) is 1. The molecule has 2 rings (SSSR count). The number of hydrogen-bond acceptors (Lipinski definition) is 3. The van der Waals surface area contributed by atoms with Crippen LogP contribution in [0.2, 0.25) is 5.02 Å². The molecule has 1 fully saturated rings. The van der Waals surface area contributed by atoms with E-state index in [4.69, 9.17) is 17.3 Å². The van der Waals surface area contributed by atoms with Gasteiger partial charge in [-0.1, -0.05) is 24.9 Å². The molecule has 0 saturated heterocycles. The monoisotopic (exact) mass is 301 g/mol. The maximum atomic E-state index is 12.6. The van der Waals surface area contributed by atoms with Crippen molar-refractivity contribution in [1.29, 1.82) is 0 Å². The van der Waals surface area contributed by atoms with Gasteiger partial charge < -0.3 is 5.73 Å². The highest BCUT2D eigenvalue weighted by Crippen LogP contribution is 2.35. The molecule has 0 bridgehead atoms. The molecule has 0 heterocycles. The van der Waals surface area contributed by atoms with Crippen LogP contribution in [0.3, 0.4) is 0 Å². The second-order valence-corrected chi connectivity index (χ2v) is 7.89. The van der Waals surface area contributed by atoms with Crippen LogP contribution in [-0.4, -0.2) is 13.7 Å². The van der Waals surface area contributed by atoms with Crippen LogP contribution in [0.25, 0.3) is 0 Å². The fraction of sp³-hybridized carbons (Fsp3) is 0.571. The summed E-state index contributed by atoms with van der Waals surface area (Å²) in [6.45, 7) is 2.16. The van der Waals surface area contributed by atoms with E-state index in [0.717, 1.165) is 32.1 Å². The van der Waals surface area contributed by atoms with Gasteiger partial charge >= 0.3 is 0 Å². The summed E-state index contributed by atoms with van der Waals surface area (Å²) in [4.78, 5) is 0.189. The van der Waals surface area contributed by atoms with Crippen molar-refractivity contribution >= 4 is 27.1 Å². The van der Waals surface area contributed by atoms with Crippen molar-refractivity contribution in [3.05, 3.63) is 23.2 Å². The van der Waals surface area contributed by atoms with Gasteiger partial charge in [0.25, 0.3) is 0 Å². The number of halogens is 1. The maximum absolute atomic E-state index is 12.6. The highest BCUT2D eigenvalue weighted by molar-refractivity contribution is 7.92. The number of nitrogens with two attached hydrogens (primary N) is 1. The molecule has 0 aliphatic heterocycles. The topological polar surface area (TPSA) is 60.2 Å². The molecular weight excluding hydrogens is 282 g/mol. The summed E-state index contributed by atoms with van der Waals surface area (Å²) >= 11 is 6.02. The van der Waals surface area contributed by atoms with E-state index in [9.17, 15) is 8.42 Å². The van der Waals surface area contributed by atoms with Crippen molar-refractivity contribution < 1.29 is 8.42 Å². The van der Waals surface area contributed by atoms with Gasteiger partial charge in [0.1, 0.15) is 0 Å². The second kappa shape index (κ2) is 5.71. The molecule has 0 aromatic heterocycles. The Morgan fingerprint density at radius 1 is 1.26 bits per heavy atom. The lowest BCUT2D eigenvalue weighted by Gasteiger charge is -2.27. The van der Waals surface area contributed by atoms with Crippen LogP contribution in [0.1, 0.15) is 39.0 Å². The van der Waals surface area contributed by atoms with Crippen LogP contribution in [0.4, 0.5) is 5.69 Å². The lowest BCUT2D eigenvalue weighted by molar-refractivity contribution is 0.348. The number of nitrogen functional groups attached to an aromatic ring is 1. The van der Waals surface area contributed by atoms with E-state index in [2.05, 4.69) is 6.92 Å². The molecule has 1 aliphatic carbocycles. The van der Waals surface area contributed by atoms with Crippen LogP contribution < -0.4 is 5.73 Å². The summed E-state index contributed by atoms with van der Waals surface area (Å²) in [6.07, 6.45) is 4.56. The first-order chi connectivity index (χ1) is 8.95. The zero-order valence-electron chi connectivity index (χ0n) is 11.1. The predicted octanol–water partition coefficient (Wildman–Crippen LogP) is 3.66. The molecule has 0 amide bonds. The van der Waals surface area contributed by atoms with E-state index in [0.29, 0.717) is 11.6 Å². The molecule has 1 aromatic rings. The fourth-order valence-corrected chi connectivity index (χ4v) is 5.10. The van der Waals surface area contributed by atoms with Crippen LogP contribution in [-0.2, 0) is 9.84 Å². The van der Waals surface area contributed by atoms with E-state index >= 15 is 0 Å². The van der Waals surface area contributed by atoms with E-state index in [1.54, 1.807) is 12.1 Å². The third kappa shape index (κ3) is 3.06. The van der Waals surface area contributed by atoms with Crippen molar-refractivity contribution in [2.45, 2.75) is 49.2 Å². The Morgan fingerprint density at radius 2 is 1.89 bits per heavy atom.